The summed E-state index contributed by atoms with van der Waals surface area (Å²) in [6.07, 6.45) is 6.18. The van der Waals surface area contributed by atoms with E-state index < -0.39 is 10.3 Å². The van der Waals surface area contributed by atoms with Crippen LogP contribution in [0, 0.1) is 0 Å². The normalized spacial score (nSPS) is 13.4. The van der Waals surface area contributed by atoms with Gasteiger partial charge in [-0.15, -0.1) is 10.3 Å². The molecule has 0 atom stereocenters. The molecule has 0 fully saturated rings. The Kier molecular flexibility index (Phi) is 5.00. The second-order valence-corrected chi connectivity index (χ2v) is 9.70. The lowest BCUT2D eigenvalue weighted by Crippen LogP contribution is -2.25. The Bertz CT molecular complexity index is 388. The molecule has 3 heteroatoms. The van der Waals surface area contributed by atoms with Crippen molar-refractivity contribution in [2.24, 2.45) is 0 Å². The highest BCUT2D eigenvalue weighted by Gasteiger charge is 2.28. The Morgan fingerprint density at radius 2 is 1.72 bits per heavy atom. The summed E-state index contributed by atoms with van der Waals surface area (Å²) in [4.78, 5) is 10.6. The largest absolute Gasteiger partial charge is 0.336 e. The highest BCUT2D eigenvalue weighted by atomic mass is 32.3. The molecule has 0 aliphatic heterocycles. The predicted octanol–water partition coefficient (Wildman–Crippen LogP) is 3.84. The molecule has 0 bridgehead atoms. The number of carbonyl (C=O) groups excluding carboxylic acids is 1. The first-order chi connectivity index (χ1) is 8.26. The van der Waals surface area contributed by atoms with Gasteiger partial charge in [-0.25, -0.2) is 0 Å². The zero-order valence-electron chi connectivity index (χ0n) is 12.0. The quantitative estimate of drug-likeness (QED) is 0.759. The third-order valence-electron chi connectivity index (χ3n) is 3.36. The van der Waals surface area contributed by atoms with Gasteiger partial charge in [-0.2, -0.15) is 0 Å². The second-order valence-electron chi connectivity index (χ2n) is 5.78. The lowest BCUT2D eigenvalue weighted by atomic mass is 10.1. The van der Waals surface area contributed by atoms with Crippen LogP contribution in [0.5, 0.6) is 0 Å². The molecule has 1 aromatic carbocycles. The van der Waals surface area contributed by atoms with Crippen molar-refractivity contribution in [2.45, 2.75) is 31.9 Å². The molecule has 0 N–H and O–H groups in total. The number of aldehydes is 1. The lowest BCUT2D eigenvalue weighted by molar-refractivity contribution is 0.112. The van der Waals surface area contributed by atoms with E-state index in [9.17, 15) is 4.79 Å². The summed E-state index contributed by atoms with van der Waals surface area (Å²) in [7, 11) is -1.04. The Hall–Kier alpha value is -0.800. The van der Waals surface area contributed by atoms with E-state index in [0.29, 0.717) is 0 Å². The monoisotopic (exact) mass is 268 g/mol. The van der Waals surface area contributed by atoms with Crippen molar-refractivity contribution in [2.75, 3.05) is 19.1 Å². The van der Waals surface area contributed by atoms with Gasteiger partial charge in [0.1, 0.15) is 6.29 Å². The fourth-order valence-corrected chi connectivity index (χ4v) is 2.16. The van der Waals surface area contributed by atoms with E-state index in [4.69, 9.17) is 4.18 Å². The van der Waals surface area contributed by atoms with Crippen LogP contribution in [0.4, 0.5) is 0 Å². The Balaban J connectivity index is 2.48. The molecule has 0 saturated heterocycles. The topological polar surface area (TPSA) is 26.3 Å². The van der Waals surface area contributed by atoms with Crippen LogP contribution in [-0.2, 0) is 10.6 Å². The molecule has 1 aromatic rings. The minimum atomic E-state index is -1.04. The van der Waals surface area contributed by atoms with Crippen molar-refractivity contribution in [3.8, 4) is 0 Å². The van der Waals surface area contributed by atoms with Crippen LogP contribution in [0.3, 0.4) is 0 Å². The van der Waals surface area contributed by atoms with E-state index in [2.05, 4.69) is 33.3 Å². The summed E-state index contributed by atoms with van der Waals surface area (Å²) < 4.78 is 6.27. The van der Waals surface area contributed by atoms with Crippen LogP contribution in [0.15, 0.2) is 24.3 Å². The molecule has 0 unspecified atom stereocenters. The zero-order valence-corrected chi connectivity index (χ0v) is 12.8. The summed E-state index contributed by atoms with van der Waals surface area (Å²) in [5.74, 6) is 0. The van der Waals surface area contributed by atoms with E-state index >= 15 is 0 Å². The summed E-state index contributed by atoms with van der Waals surface area (Å²) in [5.41, 5.74) is 1.94. The van der Waals surface area contributed by atoms with Crippen molar-refractivity contribution >= 4 is 16.6 Å². The van der Waals surface area contributed by atoms with Gasteiger partial charge in [0.2, 0.25) is 0 Å². The molecule has 2 nitrogen and oxygen atoms in total. The van der Waals surface area contributed by atoms with Gasteiger partial charge in [0.25, 0.3) is 0 Å². The first-order valence-electron chi connectivity index (χ1n) is 6.18. The Labute approximate surface area is 112 Å². The van der Waals surface area contributed by atoms with Crippen molar-refractivity contribution in [1.82, 2.24) is 0 Å². The number of rotatable bonds is 5. The van der Waals surface area contributed by atoms with E-state index in [1.807, 2.05) is 24.3 Å². The van der Waals surface area contributed by atoms with Gasteiger partial charge in [-0.3, -0.25) is 4.79 Å². The number of carbonyl (C=O) groups is 1. The SMILES string of the molecule is CC(C)(C)S(C)(C)OCCc1ccc(C=O)cc1. The minimum Gasteiger partial charge on any atom is -0.336 e. The first kappa shape index (κ1) is 15.3. The maximum atomic E-state index is 10.6. The van der Waals surface area contributed by atoms with Gasteiger partial charge < -0.3 is 4.18 Å². The van der Waals surface area contributed by atoms with E-state index in [1.54, 1.807) is 0 Å². The fourth-order valence-electron chi connectivity index (χ4n) is 1.31. The van der Waals surface area contributed by atoms with Gasteiger partial charge in [-0.1, -0.05) is 45.0 Å². The van der Waals surface area contributed by atoms with Crippen LogP contribution in [0.25, 0.3) is 0 Å². The number of benzene rings is 1. The molecule has 1 rings (SSSR count). The van der Waals surface area contributed by atoms with E-state index in [0.717, 1.165) is 24.9 Å². The van der Waals surface area contributed by atoms with Crippen LogP contribution in [-0.4, -0.2) is 30.2 Å². The molecule has 18 heavy (non-hydrogen) atoms. The van der Waals surface area contributed by atoms with Crippen molar-refractivity contribution < 1.29 is 8.98 Å². The van der Waals surface area contributed by atoms with Gasteiger partial charge in [0.15, 0.2) is 0 Å². The maximum Gasteiger partial charge on any atom is 0.150 e. The summed E-state index contributed by atoms with van der Waals surface area (Å²) >= 11 is 0. The highest BCUT2D eigenvalue weighted by molar-refractivity contribution is 8.29. The lowest BCUT2D eigenvalue weighted by Gasteiger charge is -2.43. The minimum absolute atomic E-state index is 0.203. The molecular weight excluding hydrogens is 244 g/mol. The van der Waals surface area contributed by atoms with Crippen molar-refractivity contribution in [1.29, 1.82) is 0 Å². The van der Waals surface area contributed by atoms with Crippen LogP contribution in [0.2, 0.25) is 0 Å². The van der Waals surface area contributed by atoms with Crippen molar-refractivity contribution in [3.63, 3.8) is 0 Å². The van der Waals surface area contributed by atoms with Gasteiger partial charge >= 0.3 is 0 Å². The van der Waals surface area contributed by atoms with Crippen LogP contribution >= 0.6 is 10.3 Å². The van der Waals surface area contributed by atoms with E-state index in [-0.39, 0.29) is 4.75 Å². The van der Waals surface area contributed by atoms with E-state index in [1.165, 1.54) is 5.56 Å². The molecule has 102 valence electrons. The number of hydrogen-bond donors (Lipinski definition) is 0. The van der Waals surface area contributed by atoms with Crippen molar-refractivity contribution in [3.05, 3.63) is 35.4 Å². The Morgan fingerprint density at radius 3 is 2.17 bits per heavy atom. The van der Waals surface area contributed by atoms with Crippen LogP contribution < -0.4 is 0 Å². The molecule has 0 aromatic heterocycles. The average molecular weight is 268 g/mol. The molecule has 0 heterocycles. The smallest absolute Gasteiger partial charge is 0.150 e. The molecule has 0 aliphatic carbocycles. The molecule has 0 radical (unpaired) electrons. The first-order valence-corrected chi connectivity index (χ1v) is 8.55. The molecule has 0 spiro atoms. The summed E-state index contributed by atoms with van der Waals surface area (Å²) in [6.45, 7) is 7.41. The fraction of sp³-hybridized carbons (Fsp3) is 0.533. The van der Waals surface area contributed by atoms with Gasteiger partial charge in [0.05, 0.1) is 6.61 Å². The summed E-state index contributed by atoms with van der Waals surface area (Å²) in [5, 5.41) is 0. The predicted molar refractivity (Wildman–Crippen MR) is 80.7 cm³/mol. The Morgan fingerprint density at radius 1 is 1.17 bits per heavy atom. The molecule has 0 aliphatic rings. The standard InChI is InChI=1S/C15H24O2S/c1-15(2,3)18(4,5)17-11-10-13-6-8-14(12-16)9-7-13/h6-9,12H,10-11H2,1-5H3. The number of hydrogen-bond acceptors (Lipinski definition) is 2. The molecule has 0 saturated carbocycles. The molecule has 0 amide bonds. The third kappa shape index (κ3) is 4.14. The van der Waals surface area contributed by atoms with Gasteiger partial charge in [0, 0.05) is 10.3 Å². The van der Waals surface area contributed by atoms with Crippen LogP contribution in [0.1, 0.15) is 36.7 Å². The maximum absolute atomic E-state index is 10.6. The zero-order chi connectivity index (χ0) is 13.8. The molecular formula is C15H24O2S. The second kappa shape index (κ2) is 5.89. The summed E-state index contributed by atoms with van der Waals surface area (Å²) in [6, 6.07) is 7.69. The third-order valence-corrected chi connectivity index (χ3v) is 7.06. The average Bonchev–Trinajstić information content (AvgIpc) is 2.28. The highest BCUT2D eigenvalue weighted by Crippen LogP contribution is 2.53. The van der Waals surface area contributed by atoms with Gasteiger partial charge in [-0.05, 0) is 24.5 Å².